The molecule has 1 saturated carbocycles. The van der Waals surface area contributed by atoms with E-state index in [4.69, 9.17) is 0 Å². The molecule has 0 aromatic carbocycles. The van der Waals surface area contributed by atoms with E-state index in [1.54, 1.807) is 18.5 Å². The number of rotatable bonds is 3. The Hall–Kier alpha value is -2.05. The molecule has 1 atom stereocenters. The lowest BCUT2D eigenvalue weighted by atomic mass is 10.0. The lowest BCUT2D eigenvalue weighted by molar-refractivity contribution is 0.0627. The lowest BCUT2D eigenvalue weighted by Gasteiger charge is -2.36. The molecular formula is C17H20ClN5O. The van der Waals surface area contributed by atoms with Gasteiger partial charge in [-0.2, -0.15) is 0 Å². The molecule has 3 heterocycles. The molecule has 2 aliphatic rings. The van der Waals surface area contributed by atoms with Crippen molar-refractivity contribution in [3.63, 3.8) is 0 Å². The first-order chi connectivity index (χ1) is 11.3. The Bertz CT molecular complexity index is 707. The maximum absolute atomic E-state index is 13.0. The van der Waals surface area contributed by atoms with E-state index < -0.39 is 0 Å². The summed E-state index contributed by atoms with van der Waals surface area (Å²) in [7, 11) is 0. The van der Waals surface area contributed by atoms with E-state index >= 15 is 0 Å². The Labute approximate surface area is 147 Å². The zero-order chi connectivity index (χ0) is 15.6. The molecule has 1 aliphatic carbocycles. The minimum Gasteiger partial charge on any atom is -0.328 e. The second-order valence-corrected chi connectivity index (χ2v) is 6.08. The van der Waals surface area contributed by atoms with Crippen molar-refractivity contribution in [3.05, 3.63) is 53.9 Å². The van der Waals surface area contributed by atoms with Crippen LogP contribution in [0.5, 0.6) is 0 Å². The standard InChI is InChI=1S/C17H19N5O.ClH/c23-17(14-5-7-20-16(21-14)12-3-4-12)22-9-8-19-11-15(22)13-2-1-6-18-10-13;/h1-2,5-7,10,12,15,19H,3-4,8-9,11H2;1H. The van der Waals surface area contributed by atoms with Gasteiger partial charge in [0, 0.05) is 44.1 Å². The number of nitrogens with one attached hydrogen (secondary N) is 1. The predicted octanol–water partition coefficient (Wildman–Crippen LogP) is 1.96. The summed E-state index contributed by atoms with van der Waals surface area (Å²) >= 11 is 0. The molecule has 0 bridgehead atoms. The summed E-state index contributed by atoms with van der Waals surface area (Å²) in [5.41, 5.74) is 1.54. The van der Waals surface area contributed by atoms with Gasteiger partial charge >= 0.3 is 0 Å². The van der Waals surface area contributed by atoms with Crippen LogP contribution in [0.3, 0.4) is 0 Å². The van der Waals surface area contributed by atoms with Crippen LogP contribution < -0.4 is 5.32 Å². The highest BCUT2D eigenvalue weighted by Crippen LogP contribution is 2.37. The monoisotopic (exact) mass is 345 g/mol. The van der Waals surface area contributed by atoms with Crippen LogP contribution in [0.1, 0.15) is 46.7 Å². The third kappa shape index (κ3) is 3.39. The molecule has 1 N–H and O–H groups in total. The number of pyridine rings is 1. The Morgan fingerprint density at radius 2 is 2.12 bits per heavy atom. The number of piperazine rings is 1. The number of carbonyl (C=O) groups excluding carboxylic acids is 1. The predicted molar refractivity (Wildman–Crippen MR) is 92.1 cm³/mol. The van der Waals surface area contributed by atoms with Crippen molar-refractivity contribution in [2.24, 2.45) is 0 Å². The molecule has 1 amide bonds. The molecule has 126 valence electrons. The summed E-state index contributed by atoms with van der Waals surface area (Å²) in [5.74, 6) is 1.23. The first-order valence-electron chi connectivity index (χ1n) is 8.07. The van der Waals surface area contributed by atoms with Gasteiger partial charge in [0.15, 0.2) is 0 Å². The molecule has 2 fully saturated rings. The number of amides is 1. The number of hydrogen-bond acceptors (Lipinski definition) is 5. The second-order valence-electron chi connectivity index (χ2n) is 6.08. The smallest absolute Gasteiger partial charge is 0.273 e. The average molecular weight is 346 g/mol. The van der Waals surface area contributed by atoms with Crippen LogP contribution in [0.4, 0.5) is 0 Å². The molecular weight excluding hydrogens is 326 g/mol. The van der Waals surface area contributed by atoms with Crippen molar-refractivity contribution in [1.82, 2.24) is 25.2 Å². The van der Waals surface area contributed by atoms with Crippen LogP contribution in [-0.2, 0) is 0 Å². The molecule has 1 unspecified atom stereocenters. The highest BCUT2D eigenvalue weighted by atomic mass is 35.5. The Kier molecular flexibility index (Phi) is 5.06. The van der Waals surface area contributed by atoms with Crippen LogP contribution in [0.2, 0.25) is 0 Å². The van der Waals surface area contributed by atoms with Gasteiger partial charge in [0.25, 0.3) is 5.91 Å². The zero-order valence-corrected chi connectivity index (χ0v) is 14.1. The number of nitrogens with zero attached hydrogens (tertiary/aromatic N) is 4. The molecule has 2 aromatic heterocycles. The quantitative estimate of drug-likeness (QED) is 0.920. The molecule has 2 aromatic rings. The van der Waals surface area contributed by atoms with Gasteiger partial charge in [-0.15, -0.1) is 12.4 Å². The second kappa shape index (κ2) is 7.23. The van der Waals surface area contributed by atoms with Crippen molar-refractivity contribution < 1.29 is 4.79 Å². The third-order valence-electron chi connectivity index (χ3n) is 4.41. The maximum atomic E-state index is 13.0. The summed E-state index contributed by atoms with van der Waals surface area (Å²) in [6.07, 6.45) is 7.54. The topological polar surface area (TPSA) is 71.0 Å². The highest BCUT2D eigenvalue weighted by Gasteiger charge is 2.31. The van der Waals surface area contributed by atoms with Gasteiger partial charge in [0.2, 0.25) is 0 Å². The van der Waals surface area contributed by atoms with E-state index in [9.17, 15) is 4.79 Å². The van der Waals surface area contributed by atoms with Gasteiger partial charge in [-0.25, -0.2) is 9.97 Å². The van der Waals surface area contributed by atoms with Gasteiger partial charge in [-0.05, 0) is 30.5 Å². The summed E-state index contributed by atoms with van der Waals surface area (Å²) < 4.78 is 0. The first-order valence-corrected chi connectivity index (χ1v) is 8.07. The third-order valence-corrected chi connectivity index (χ3v) is 4.41. The van der Waals surface area contributed by atoms with Crippen LogP contribution in [0, 0.1) is 0 Å². The minimum absolute atomic E-state index is 0. The summed E-state index contributed by atoms with van der Waals surface area (Å²) in [6, 6.07) is 5.63. The highest BCUT2D eigenvalue weighted by molar-refractivity contribution is 5.92. The van der Waals surface area contributed by atoms with Crippen molar-refractivity contribution >= 4 is 18.3 Å². The van der Waals surface area contributed by atoms with E-state index in [-0.39, 0.29) is 24.4 Å². The molecule has 1 saturated heterocycles. The number of aromatic nitrogens is 3. The molecule has 7 heteroatoms. The van der Waals surface area contributed by atoms with E-state index in [1.807, 2.05) is 23.2 Å². The van der Waals surface area contributed by atoms with Crippen molar-refractivity contribution in [2.75, 3.05) is 19.6 Å². The van der Waals surface area contributed by atoms with E-state index in [1.165, 1.54) is 0 Å². The molecule has 4 rings (SSSR count). The number of hydrogen-bond donors (Lipinski definition) is 1. The van der Waals surface area contributed by atoms with Crippen LogP contribution >= 0.6 is 12.4 Å². The number of carbonyl (C=O) groups is 1. The average Bonchev–Trinajstić information content (AvgIpc) is 3.47. The summed E-state index contributed by atoms with van der Waals surface area (Å²) in [5, 5.41) is 3.35. The van der Waals surface area contributed by atoms with E-state index in [0.717, 1.165) is 37.3 Å². The SMILES string of the molecule is Cl.O=C(c1ccnc(C2CC2)n1)N1CCNCC1c1cccnc1. The molecule has 0 spiro atoms. The van der Waals surface area contributed by atoms with Crippen LogP contribution in [0.15, 0.2) is 36.8 Å². The van der Waals surface area contributed by atoms with Gasteiger partial charge in [-0.1, -0.05) is 6.07 Å². The molecule has 1 aliphatic heterocycles. The van der Waals surface area contributed by atoms with E-state index in [0.29, 0.717) is 18.2 Å². The molecule has 24 heavy (non-hydrogen) atoms. The van der Waals surface area contributed by atoms with Crippen molar-refractivity contribution in [1.29, 1.82) is 0 Å². The first kappa shape index (κ1) is 16.8. The normalized spacial score (nSPS) is 20.3. The fourth-order valence-corrected chi connectivity index (χ4v) is 3.00. The van der Waals surface area contributed by atoms with Gasteiger partial charge in [0.05, 0.1) is 6.04 Å². The van der Waals surface area contributed by atoms with E-state index in [2.05, 4.69) is 20.3 Å². The Morgan fingerprint density at radius 1 is 1.25 bits per heavy atom. The van der Waals surface area contributed by atoms with Gasteiger partial charge in [0.1, 0.15) is 11.5 Å². The fourth-order valence-electron chi connectivity index (χ4n) is 3.00. The zero-order valence-electron chi connectivity index (χ0n) is 13.3. The maximum Gasteiger partial charge on any atom is 0.273 e. The molecule has 6 nitrogen and oxygen atoms in total. The molecule has 0 radical (unpaired) electrons. The van der Waals surface area contributed by atoms with Crippen molar-refractivity contribution in [2.45, 2.75) is 24.8 Å². The van der Waals surface area contributed by atoms with Crippen molar-refractivity contribution in [3.8, 4) is 0 Å². The van der Waals surface area contributed by atoms with Gasteiger partial charge in [-0.3, -0.25) is 9.78 Å². The van der Waals surface area contributed by atoms with Gasteiger partial charge < -0.3 is 10.2 Å². The van der Waals surface area contributed by atoms with Crippen LogP contribution in [-0.4, -0.2) is 45.4 Å². The Balaban J connectivity index is 0.00000169. The Morgan fingerprint density at radius 3 is 2.88 bits per heavy atom. The summed E-state index contributed by atoms with van der Waals surface area (Å²) in [6.45, 7) is 2.20. The minimum atomic E-state index is -0.0235. The lowest BCUT2D eigenvalue weighted by Crippen LogP contribution is -2.49. The largest absolute Gasteiger partial charge is 0.328 e. The van der Waals surface area contributed by atoms with Crippen LogP contribution in [0.25, 0.3) is 0 Å². The fraction of sp³-hybridized carbons (Fsp3) is 0.412. The summed E-state index contributed by atoms with van der Waals surface area (Å²) in [4.78, 5) is 27.8. The number of halogens is 1.